The van der Waals surface area contributed by atoms with Gasteiger partial charge in [0.25, 0.3) is 0 Å². The van der Waals surface area contributed by atoms with Gasteiger partial charge in [0.15, 0.2) is 0 Å². The third-order valence-electron chi connectivity index (χ3n) is 1.99. The summed E-state index contributed by atoms with van der Waals surface area (Å²) in [6, 6.07) is 7.61. The average molecular weight is 177 g/mol. The Morgan fingerprint density at radius 3 is 3.00 bits per heavy atom. The second-order valence-corrected chi connectivity index (χ2v) is 2.79. The Labute approximate surface area is 76.1 Å². The molecule has 0 spiro atoms. The van der Waals surface area contributed by atoms with Crippen molar-refractivity contribution in [1.29, 1.82) is 0 Å². The predicted molar refractivity (Wildman–Crippen MR) is 50.7 cm³/mol. The van der Waals surface area contributed by atoms with Gasteiger partial charge in [-0.2, -0.15) is 0 Å². The Hall–Kier alpha value is -1.48. The van der Waals surface area contributed by atoms with Crippen LogP contribution < -0.4 is 10.5 Å². The molecule has 2 N–H and O–H groups in total. The number of rotatable bonds is 2. The molecule has 0 atom stereocenters. The number of furan rings is 1. The minimum absolute atomic E-state index is 0.415. The van der Waals surface area contributed by atoms with Crippen molar-refractivity contribution >= 4 is 11.0 Å². The fraction of sp³-hybridized carbons (Fsp3) is 0.200. The molecule has 0 saturated heterocycles. The molecule has 0 bridgehead atoms. The van der Waals surface area contributed by atoms with E-state index in [-0.39, 0.29) is 0 Å². The highest BCUT2D eigenvalue weighted by Gasteiger charge is 2.06. The molecular weight excluding hydrogens is 166 g/mol. The first-order valence-electron chi connectivity index (χ1n) is 4.10. The molecular formula is C10H11NO2. The summed E-state index contributed by atoms with van der Waals surface area (Å²) in [5.74, 6) is 1.60. The normalized spacial score (nSPS) is 10.6. The van der Waals surface area contributed by atoms with Crippen LogP contribution in [0.25, 0.3) is 11.0 Å². The Balaban J connectivity index is 2.67. The summed E-state index contributed by atoms with van der Waals surface area (Å²) in [6.45, 7) is 0.415. The molecule has 2 rings (SSSR count). The lowest BCUT2D eigenvalue weighted by Crippen LogP contribution is -1.92. The van der Waals surface area contributed by atoms with E-state index >= 15 is 0 Å². The Kier molecular flexibility index (Phi) is 1.94. The van der Waals surface area contributed by atoms with Gasteiger partial charge in [-0.25, -0.2) is 0 Å². The zero-order valence-corrected chi connectivity index (χ0v) is 7.41. The van der Waals surface area contributed by atoms with Crippen molar-refractivity contribution in [1.82, 2.24) is 0 Å². The summed E-state index contributed by atoms with van der Waals surface area (Å²) in [7, 11) is 1.64. The van der Waals surface area contributed by atoms with Crippen LogP contribution in [-0.2, 0) is 6.54 Å². The van der Waals surface area contributed by atoms with Crippen LogP contribution in [0.1, 0.15) is 5.76 Å². The Morgan fingerprint density at radius 2 is 2.31 bits per heavy atom. The van der Waals surface area contributed by atoms with Gasteiger partial charge in [0.2, 0.25) is 0 Å². The molecule has 2 aromatic rings. The zero-order valence-electron chi connectivity index (χ0n) is 7.41. The van der Waals surface area contributed by atoms with Gasteiger partial charge >= 0.3 is 0 Å². The quantitative estimate of drug-likeness (QED) is 0.762. The van der Waals surface area contributed by atoms with E-state index in [1.807, 2.05) is 24.3 Å². The number of methoxy groups -OCH3 is 1. The first-order valence-corrected chi connectivity index (χ1v) is 4.10. The molecule has 0 aliphatic carbocycles. The van der Waals surface area contributed by atoms with Crippen LogP contribution in [0, 0.1) is 0 Å². The first-order chi connectivity index (χ1) is 6.35. The van der Waals surface area contributed by atoms with Gasteiger partial charge in [-0.3, -0.25) is 0 Å². The second-order valence-electron chi connectivity index (χ2n) is 2.79. The molecule has 0 amide bonds. The highest BCUT2D eigenvalue weighted by molar-refractivity contribution is 5.84. The van der Waals surface area contributed by atoms with Gasteiger partial charge in [0.05, 0.1) is 19.0 Å². The smallest absolute Gasteiger partial charge is 0.138 e. The van der Waals surface area contributed by atoms with Crippen molar-refractivity contribution in [3.05, 3.63) is 30.0 Å². The van der Waals surface area contributed by atoms with Crippen LogP contribution in [0.2, 0.25) is 0 Å². The largest absolute Gasteiger partial charge is 0.496 e. The predicted octanol–water partition coefficient (Wildman–Crippen LogP) is 1.90. The number of hydrogen-bond donors (Lipinski definition) is 1. The number of ether oxygens (including phenoxy) is 1. The summed E-state index contributed by atoms with van der Waals surface area (Å²) in [6.07, 6.45) is 0. The van der Waals surface area contributed by atoms with Crippen LogP contribution in [0.15, 0.2) is 28.7 Å². The van der Waals surface area contributed by atoms with E-state index in [2.05, 4.69) is 0 Å². The van der Waals surface area contributed by atoms with Crippen LogP contribution in [0.4, 0.5) is 0 Å². The first kappa shape index (κ1) is 8.13. The number of fused-ring (bicyclic) bond motifs is 1. The highest BCUT2D eigenvalue weighted by atomic mass is 16.5. The van der Waals surface area contributed by atoms with E-state index in [4.69, 9.17) is 14.9 Å². The fourth-order valence-corrected chi connectivity index (χ4v) is 1.37. The lowest BCUT2D eigenvalue weighted by atomic mass is 10.2. The lowest BCUT2D eigenvalue weighted by molar-refractivity contribution is 0.419. The van der Waals surface area contributed by atoms with Crippen molar-refractivity contribution in [3.8, 4) is 5.75 Å². The second kappa shape index (κ2) is 3.11. The highest BCUT2D eigenvalue weighted by Crippen LogP contribution is 2.27. The molecule has 3 nitrogen and oxygen atoms in total. The zero-order chi connectivity index (χ0) is 9.26. The monoisotopic (exact) mass is 177 g/mol. The minimum Gasteiger partial charge on any atom is -0.496 e. The summed E-state index contributed by atoms with van der Waals surface area (Å²) in [5, 5.41) is 0.977. The fourth-order valence-electron chi connectivity index (χ4n) is 1.37. The molecule has 13 heavy (non-hydrogen) atoms. The van der Waals surface area contributed by atoms with Crippen LogP contribution in [0.3, 0.4) is 0 Å². The molecule has 0 saturated carbocycles. The average Bonchev–Trinajstić information content (AvgIpc) is 2.59. The van der Waals surface area contributed by atoms with E-state index in [0.29, 0.717) is 6.54 Å². The topological polar surface area (TPSA) is 48.4 Å². The molecule has 0 fully saturated rings. The summed E-state index contributed by atoms with van der Waals surface area (Å²) in [5.41, 5.74) is 6.29. The SMILES string of the molecule is COc1cccc2oc(CN)cc12. The molecule has 1 aromatic heterocycles. The van der Waals surface area contributed by atoms with Crippen LogP contribution >= 0.6 is 0 Å². The minimum atomic E-state index is 0.415. The van der Waals surface area contributed by atoms with Crippen LogP contribution in [0.5, 0.6) is 5.75 Å². The summed E-state index contributed by atoms with van der Waals surface area (Å²) in [4.78, 5) is 0. The third-order valence-corrected chi connectivity index (χ3v) is 1.99. The maximum atomic E-state index is 5.47. The van der Waals surface area contributed by atoms with Gasteiger partial charge in [0, 0.05) is 0 Å². The molecule has 0 unspecified atom stereocenters. The number of hydrogen-bond acceptors (Lipinski definition) is 3. The van der Waals surface area contributed by atoms with E-state index in [1.165, 1.54) is 0 Å². The Morgan fingerprint density at radius 1 is 1.46 bits per heavy atom. The Bertz CT molecular complexity index is 420. The third kappa shape index (κ3) is 1.27. The van der Waals surface area contributed by atoms with Gasteiger partial charge in [-0.05, 0) is 18.2 Å². The molecule has 68 valence electrons. The lowest BCUT2D eigenvalue weighted by Gasteiger charge is -1.98. The van der Waals surface area contributed by atoms with Gasteiger partial charge in [-0.15, -0.1) is 0 Å². The van der Waals surface area contributed by atoms with E-state index < -0.39 is 0 Å². The number of nitrogens with two attached hydrogens (primary N) is 1. The van der Waals surface area contributed by atoms with Crippen molar-refractivity contribution in [3.63, 3.8) is 0 Å². The van der Waals surface area contributed by atoms with Crippen molar-refractivity contribution < 1.29 is 9.15 Å². The summed E-state index contributed by atoms with van der Waals surface area (Å²) >= 11 is 0. The molecule has 0 radical (unpaired) electrons. The van der Waals surface area contributed by atoms with E-state index in [9.17, 15) is 0 Å². The van der Waals surface area contributed by atoms with Gasteiger partial charge < -0.3 is 14.9 Å². The van der Waals surface area contributed by atoms with Gasteiger partial charge in [0.1, 0.15) is 17.1 Å². The van der Waals surface area contributed by atoms with Crippen molar-refractivity contribution in [2.24, 2.45) is 5.73 Å². The van der Waals surface area contributed by atoms with Crippen LogP contribution in [-0.4, -0.2) is 7.11 Å². The number of benzene rings is 1. The van der Waals surface area contributed by atoms with Gasteiger partial charge in [-0.1, -0.05) is 6.07 Å². The maximum absolute atomic E-state index is 5.47. The van der Waals surface area contributed by atoms with E-state index in [1.54, 1.807) is 7.11 Å². The van der Waals surface area contributed by atoms with Crippen molar-refractivity contribution in [2.75, 3.05) is 7.11 Å². The maximum Gasteiger partial charge on any atom is 0.138 e. The van der Waals surface area contributed by atoms with E-state index in [0.717, 1.165) is 22.5 Å². The molecule has 0 aliphatic heterocycles. The standard InChI is InChI=1S/C10H11NO2/c1-12-9-3-2-4-10-8(9)5-7(6-11)13-10/h2-5H,6,11H2,1H3. The summed E-state index contributed by atoms with van der Waals surface area (Å²) < 4.78 is 10.6. The molecule has 0 aliphatic rings. The van der Waals surface area contributed by atoms with Crippen molar-refractivity contribution in [2.45, 2.75) is 6.54 Å². The molecule has 3 heteroatoms. The molecule has 1 aromatic carbocycles. The molecule has 1 heterocycles.